The van der Waals surface area contributed by atoms with Crippen LogP contribution in [0.3, 0.4) is 0 Å². The summed E-state index contributed by atoms with van der Waals surface area (Å²) in [6.07, 6.45) is 0.387. The van der Waals surface area contributed by atoms with E-state index in [4.69, 9.17) is 0 Å². The molecule has 0 aromatic heterocycles. The van der Waals surface area contributed by atoms with Crippen LogP contribution in [0.15, 0.2) is 52.4 Å². The molecule has 0 radical (unpaired) electrons. The van der Waals surface area contributed by atoms with Gasteiger partial charge in [-0.05, 0) is 37.6 Å². The third kappa shape index (κ3) is 3.60. The molecule has 4 rings (SSSR count). The fourth-order valence-corrected chi connectivity index (χ4v) is 4.23. The Labute approximate surface area is 176 Å². The third-order valence-corrected chi connectivity index (χ3v) is 6.07. The zero-order valence-corrected chi connectivity index (χ0v) is 17.0. The molecule has 6 nitrogen and oxygen atoms in total. The number of fused-ring (bicyclic) bond motifs is 3. The molecule has 2 aliphatic rings. The normalized spacial score (nSPS) is 18.3. The molecule has 154 valence electrons. The molecular formula is C21H18F2N4O2S. The minimum absolute atomic E-state index is 0.225. The molecule has 30 heavy (non-hydrogen) atoms. The van der Waals surface area contributed by atoms with Crippen LogP contribution in [0.5, 0.6) is 0 Å². The van der Waals surface area contributed by atoms with E-state index in [2.05, 4.69) is 15.3 Å². The van der Waals surface area contributed by atoms with Crippen molar-refractivity contribution in [2.45, 2.75) is 31.6 Å². The number of nitrogens with one attached hydrogen (secondary N) is 1. The maximum Gasteiger partial charge on any atom is 0.258 e. The number of halogens is 2. The van der Waals surface area contributed by atoms with Crippen LogP contribution >= 0.6 is 11.8 Å². The van der Waals surface area contributed by atoms with Crippen LogP contribution in [0, 0.1) is 11.6 Å². The third-order valence-electron chi connectivity index (χ3n) is 4.76. The number of para-hydroxylation sites is 1. The number of hydrogen-bond donors (Lipinski definition) is 1. The fourth-order valence-electron chi connectivity index (χ4n) is 3.21. The highest BCUT2D eigenvalue weighted by Gasteiger charge is 2.40. The maximum absolute atomic E-state index is 13.9. The molecule has 0 saturated heterocycles. The minimum Gasteiger partial charge on any atom is -0.323 e. The first-order chi connectivity index (χ1) is 14.4. The number of nitrogens with zero attached hydrogens (tertiary/aromatic N) is 3. The number of carbonyl (C=O) groups excluding carboxylic acids is 2. The summed E-state index contributed by atoms with van der Waals surface area (Å²) in [6, 6.07) is 9.64. The molecule has 2 heterocycles. The topological polar surface area (TPSA) is 74.1 Å². The molecule has 9 heteroatoms. The summed E-state index contributed by atoms with van der Waals surface area (Å²) < 4.78 is 27.3. The molecule has 2 amide bonds. The Morgan fingerprint density at radius 2 is 2.03 bits per heavy atom. The first kappa shape index (κ1) is 20.2. The van der Waals surface area contributed by atoms with Crippen LogP contribution in [0.1, 0.15) is 25.8 Å². The summed E-state index contributed by atoms with van der Waals surface area (Å²) in [6.45, 7) is 3.50. The van der Waals surface area contributed by atoms with Crippen LogP contribution < -0.4 is 5.32 Å². The molecular weight excluding hydrogens is 410 g/mol. The van der Waals surface area contributed by atoms with E-state index in [0.29, 0.717) is 23.1 Å². The molecule has 0 unspecified atom stereocenters. The van der Waals surface area contributed by atoms with E-state index < -0.39 is 28.8 Å². The molecule has 2 atom stereocenters. The van der Waals surface area contributed by atoms with Gasteiger partial charge in [-0.2, -0.15) is 0 Å². The lowest BCUT2D eigenvalue weighted by atomic mass is 10.1. The lowest BCUT2D eigenvalue weighted by molar-refractivity contribution is -0.124. The number of amides is 2. The molecule has 0 spiro atoms. The highest BCUT2D eigenvalue weighted by atomic mass is 32.2. The van der Waals surface area contributed by atoms with Crippen molar-refractivity contribution in [2.24, 2.45) is 9.98 Å². The smallest absolute Gasteiger partial charge is 0.258 e. The Morgan fingerprint density at radius 3 is 2.80 bits per heavy atom. The van der Waals surface area contributed by atoms with Crippen LogP contribution in [-0.4, -0.2) is 39.0 Å². The second-order valence-electron chi connectivity index (χ2n) is 6.84. The molecule has 0 aliphatic carbocycles. The Balaban J connectivity index is 1.62. The lowest BCUT2D eigenvalue weighted by Crippen LogP contribution is -2.42. The van der Waals surface area contributed by atoms with Crippen molar-refractivity contribution < 1.29 is 18.4 Å². The van der Waals surface area contributed by atoms with Gasteiger partial charge in [0.25, 0.3) is 5.91 Å². The molecule has 2 aromatic carbocycles. The molecule has 2 aliphatic heterocycles. The SMILES string of the molecule is CC[C@@H](SC1=Nc2ccccc2C2=N[C@H](C)C(=O)N12)C(=O)Nc1cc(F)ccc1F. The van der Waals surface area contributed by atoms with Gasteiger partial charge in [-0.25, -0.2) is 18.7 Å². The van der Waals surface area contributed by atoms with Gasteiger partial charge >= 0.3 is 0 Å². The monoisotopic (exact) mass is 428 g/mol. The van der Waals surface area contributed by atoms with Crippen molar-refractivity contribution in [3.63, 3.8) is 0 Å². The largest absolute Gasteiger partial charge is 0.323 e. The number of amidine groups is 2. The zero-order valence-electron chi connectivity index (χ0n) is 16.2. The van der Waals surface area contributed by atoms with Crippen LogP contribution in [0.2, 0.25) is 0 Å². The molecule has 2 aromatic rings. The van der Waals surface area contributed by atoms with E-state index in [9.17, 15) is 18.4 Å². The summed E-state index contributed by atoms with van der Waals surface area (Å²) in [5, 5.41) is 2.08. The quantitative estimate of drug-likeness (QED) is 0.797. The molecule has 0 fully saturated rings. The Morgan fingerprint density at radius 1 is 1.27 bits per heavy atom. The van der Waals surface area contributed by atoms with Crippen molar-refractivity contribution in [3.05, 3.63) is 59.7 Å². The highest BCUT2D eigenvalue weighted by molar-refractivity contribution is 8.15. The van der Waals surface area contributed by atoms with Crippen LogP contribution in [-0.2, 0) is 9.59 Å². The maximum atomic E-state index is 13.9. The van der Waals surface area contributed by atoms with E-state index in [-0.39, 0.29) is 11.6 Å². The predicted molar refractivity (Wildman–Crippen MR) is 113 cm³/mol. The first-order valence-electron chi connectivity index (χ1n) is 9.41. The summed E-state index contributed by atoms with van der Waals surface area (Å²) >= 11 is 1.09. The van der Waals surface area contributed by atoms with Crippen molar-refractivity contribution in [2.75, 3.05) is 5.32 Å². The number of benzene rings is 2. The number of anilines is 1. The molecule has 0 saturated carbocycles. The summed E-state index contributed by atoms with van der Waals surface area (Å²) in [7, 11) is 0. The molecule has 0 bridgehead atoms. The standard InChI is InChI=1S/C21H18F2N4O2S/c1-3-17(19(28)25-16-10-12(22)8-9-14(16)23)30-21-26-15-7-5-4-6-13(15)18-24-11(2)20(29)27(18)21/h4-11,17H,3H2,1-2H3,(H,25,28)/t11-,17-/m1/s1. The summed E-state index contributed by atoms with van der Waals surface area (Å²) in [4.78, 5) is 35.9. The minimum atomic E-state index is -0.730. The highest BCUT2D eigenvalue weighted by Crippen LogP contribution is 2.35. The van der Waals surface area contributed by atoms with Gasteiger partial charge in [0.15, 0.2) is 5.17 Å². The van der Waals surface area contributed by atoms with Gasteiger partial charge in [-0.1, -0.05) is 30.8 Å². The predicted octanol–water partition coefficient (Wildman–Crippen LogP) is 4.09. The van der Waals surface area contributed by atoms with Gasteiger partial charge < -0.3 is 5.32 Å². The van der Waals surface area contributed by atoms with Crippen molar-refractivity contribution in [1.82, 2.24) is 4.90 Å². The van der Waals surface area contributed by atoms with Crippen molar-refractivity contribution in [1.29, 1.82) is 0 Å². The van der Waals surface area contributed by atoms with Crippen molar-refractivity contribution >= 4 is 46.0 Å². The van der Waals surface area contributed by atoms with E-state index in [1.165, 1.54) is 4.90 Å². The average molecular weight is 428 g/mol. The Bertz CT molecular complexity index is 1100. The number of rotatable bonds is 4. The summed E-state index contributed by atoms with van der Waals surface area (Å²) in [5.74, 6) is -1.61. The number of carbonyl (C=O) groups is 2. The van der Waals surface area contributed by atoms with Gasteiger partial charge in [0, 0.05) is 11.6 Å². The van der Waals surface area contributed by atoms with Crippen LogP contribution in [0.25, 0.3) is 0 Å². The van der Waals surface area contributed by atoms with Gasteiger partial charge in [0.1, 0.15) is 23.5 Å². The Hall–Kier alpha value is -3.07. The second kappa shape index (κ2) is 7.98. The Kier molecular flexibility index (Phi) is 5.38. The van der Waals surface area contributed by atoms with Crippen LogP contribution in [0.4, 0.5) is 20.2 Å². The van der Waals surface area contributed by atoms with Gasteiger partial charge in [-0.15, -0.1) is 0 Å². The number of hydrogen-bond acceptors (Lipinski definition) is 5. The first-order valence-corrected chi connectivity index (χ1v) is 10.3. The van der Waals surface area contributed by atoms with Gasteiger partial charge in [-0.3, -0.25) is 14.6 Å². The van der Waals surface area contributed by atoms with Gasteiger partial charge in [0.2, 0.25) is 5.91 Å². The second-order valence-corrected chi connectivity index (χ2v) is 8.01. The van der Waals surface area contributed by atoms with E-state index >= 15 is 0 Å². The summed E-state index contributed by atoms with van der Waals surface area (Å²) in [5.41, 5.74) is 1.17. The average Bonchev–Trinajstić information content (AvgIpc) is 3.03. The zero-order chi connectivity index (χ0) is 21.4. The van der Waals surface area contributed by atoms with E-state index in [1.807, 2.05) is 24.3 Å². The number of thioether (sulfide) groups is 1. The fraction of sp³-hybridized carbons (Fsp3) is 0.238. The van der Waals surface area contributed by atoms with Gasteiger partial charge in [0.05, 0.1) is 16.6 Å². The van der Waals surface area contributed by atoms with E-state index in [0.717, 1.165) is 35.5 Å². The lowest BCUT2D eigenvalue weighted by Gasteiger charge is -2.27. The molecule has 1 N–H and O–H groups in total. The van der Waals surface area contributed by atoms with Crippen molar-refractivity contribution in [3.8, 4) is 0 Å². The number of aliphatic imine (C=N–C) groups is 2. The van der Waals surface area contributed by atoms with E-state index in [1.54, 1.807) is 13.8 Å².